The Morgan fingerprint density at radius 1 is 1.04 bits per heavy atom. The molecule has 1 saturated heterocycles. The zero-order valence-electron chi connectivity index (χ0n) is 15.5. The Hall–Kier alpha value is -3.32. The molecular formula is C21H20N6O. The summed E-state index contributed by atoms with van der Waals surface area (Å²) in [6.45, 7) is 1.19. The van der Waals surface area contributed by atoms with Crippen LogP contribution in [-0.4, -0.2) is 42.9 Å². The van der Waals surface area contributed by atoms with Crippen molar-refractivity contribution in [2.24, 2.45) is 7.05 Å². The topological polar surface area (TPSA) is 80.0 Å². The van der Waals surface area contributed by atoms with Crippen molar-refractivity contribution in [3.63, 3.8) is 0 Å². The molecule has 1 N–H and O–H groups in total. The van der Waals surface area contributed by atoms with E-state index in [1.807, 2.05) is 49.5 Å². The molecule has 4 heterocycles. The van der Waals surface area contributed by atoms with Crippen LogP contribution in [0.25, 0.3) is 22.4 Å². The molecule has 1 atom stereocenters. The lowest BCUT2D eigenvalue weighted by Crippen LogP contribution is -2.31. The molecule has 4 aromatic rings. The van der Waals surface area contributed by atoms with Crippen molar-refractivity contribution in [2.75, 3.05) is 18.0 Å². The molecule has 0 amide bonds. The molecule has 0 aliphatic carbocycles. The smallest absolute Gasteiger partial charge is 0.164 e. The van der Waals surface area contributed by atoms with Gasteiger partial charge in [-0.2, -0.15) is 5.10 Å². The van der Waals surface area contributed by atoms with Crippen LogP contribution in [0, 0.1) is 0 Å². The summed E-state index contributed by atoms with van der Waals surface area (Å²) in [5, 5.41) is 16.5. The maximum Gasteiger partial charge on any atom is 0.164 e. The lowest BCUT2D eigenvalue weighted by molar-refractivity contribution is 0.0606. The van der Waals surface area contributed by atoms with Crippen molar-refractivity contribution in [1.82, 2.24) is 24.7 Å². The van der Waals surface area contributed by atoms with Crippen LogP contribution < -0.4 is 4.90 Å². The van der Waals surface area contributed by atoms with Gasteiger partial charge in [0.25, 0.3) is 0 Å². The highest BCUT2D eigenvalue weighted by Gasteiger charge is 2.39. The number of aryl methyl sites for hydroxylation is 1. The fourth-order valence-electron chi connectivity index (χ4n) is 3.84. The third-order valence-corrected chi connectivity index (χ3v) is 5.37. The minimum absolute atomic E-state index is 0.480. The van der Waals surface area contributed by atoms with Gasteiger partial charge in [-0.3, -0.25) is 9.67 Å². The van der Waals surface area contributed by atoms with E-state index in [2.05, 4.69) is 15.0 Å². The van der Waals surface area contributed by atoms with Gasteiger partial charge >= 0.3 is 0 Å². The second-order valence-electron chi connectivity index (χ2n) is 7.18. The van der Waals surface area contributed by atoms with Crippen LogP contribution in [-0.2, 0) is 12.6 Å². The predicted molar refractivity (Wildman–Crippen MR) is 107 cm³/mol. The number of fused-ring (bicyclic) bond motifs is 1. The molecule has 0 saturated carbocycles. The van der Waals surface area contributed by atoms with E-state index in [9.17, 15) is 5.11 Å². The number of nitrogens with zero attached hydrogens (tertiary/aromatic N) is 6. The summed E-state index contributed by atoms with van der Waals surface area (Å²) in [5.41, 5.74) is 1.71. The molecule has 0 spiro atoms. The van der Waals surface area contributed by atoms with Gasteiger partial charge in [-0.25, -0.2) is 9.97 Å². The fraction of sp³-hybridized carbons (Fsp3) is 0.238. The molecule has 140 valence electrons. The van der Waals surface area contributed by atoms with Gasteiger partial charge in [-0.1, -0.05) is 30.3 Å². The van der Waals surface area contributed by atoms with Gasteiger partial charge in [0, 0.05) is 31.5 Å². The van der Waals surface area contributed by atoms with E-state index in [0.717, 1.165) is 28.0 Å². The van der Waals surface area contributed by atoms with Crippen LogP contribution in [0.2, 0.25) is 0 Å². The lowest BCUT2D eigenvalue weighted by Gasteiger charge is -2.24. The number of pyridine rings is 1. The Labute approximate surface area is 162 Å². The van der Waals surface area contributed by atoms with Crippen LogP contribution >= 0.6 is 0 Å². The van der Waals surface area contributed by atoms with Crippen LogP contribution in [0.15, 0.2) is 61.1 Å². The fourth-order valence-corrected chi connectivity index (χ4v) is 3.84. The number of aliphatic hydroxyl groups is 1. The molecule has 28 heavy (non-hydrogen) atoms. The molecule has 1 aromatic carbocycles. The van der Waals surface area contributed by atoms with E-state index in [1.165, 1.54) is 0 Å². The second kappa shape index (κ2) is 6.38. The van der Waals surface area contributed by atoms with Crippen molar-refractivity contribution < 1.29 is 5.11 Å². The summed E-state index contributed by atoms with van der Waals surface area (Å²) in [4.78, 5) is 15.8. The maximum atomic E-state index is 11.2. The molecule has 0 bridgehead atoms. The summed E-state index contributed by atoms with van der Waals surface area (Å²) in [6, 6.07) is 13.6. The summed E-state index contributed by atoms with van der Waals surface area (Å²) >= 11 is 0. The van der Waals surface area contributed by atoms with E-state index in [1.54, 1.807) is 23.3 Å². The number of β-amino-alcohol motifs (C(OH)–C–C–N with tert-alkyl or cyclic N) is 1. The van der Waals surface area contributed by atoms with Crippen molar-refractivity contribution in [2.45, 2.75) is 12.0 Å². The Morgan fingerprint density at radius 3 is 2.61 bits per heavy atom. The highest BCUT2D eigenvalue weighted by molar-refractivity contribution is 5.88. The Bertz CT molecular complexity index is 1130. The standard InChI is InChI=1S/C21H20N6O/c1-26-19-17(13-23-26)20(25-18(24-19)15-7-10-22-11-8-15)27-12-9-21(28,14-27)16-5-3-2-4-6-16/h2-8,10-11,13,28H,9,12,14H2,1H3. The number of rotatable bonds is 3. The van der Waals surface area contributed by atoms with Gasteiger partial charge in [0.15, 0.2) is 11.5 Å². The quantitative estimate of drug-likeness (QED) is 0.595. The summed E-state index contributed by atoms with van der Waals surface area (Å²) < 4.78 is 1.75. The van der Waals surface area contributed by atoms with Gasteiger partial charge in [-0.05, 0) is 24.1 Å². The van der Waals surface area contributed by atoms with Crippen LogP contribution in [0.3, 0.4) is 0 Å². The molecule has 1 fully saturated rings. The first-order valence-corrected chi connectivity index (χ1v) is 9.27. The van der Waals surface area contributed by atoms with Crippen molar-refractivity contribution >= 4 is 16.9 Å². The number of benzene rings is 1. The van der Waals surface area contributed by atoms with Crippen molar-refractivity contribution in [3.8, 4) is 11.4 Å². The SMILES string of the molecule is Cn1ncc2c(N3CCC(O)(c4ccccc4)C3)nc(-c3ccncc3)nc21. The largest absolute Gasteiger partial charge is 0.383 e. The van der Waals surface area contributed by atoms with Gasteiger partial charge in [0.1, 0.15) is 11.4 Å². The van der Waals surface area contributed by atoms with Gasteiger partial charge in [0.2, 0.25) is 0 Å². The van der Waals surface area contributed by atoms with Gasteiger partial charge < -0.3 is 10.0 Å². The summed E-state index contributed by atoms with van der Waals surface area (Å²) in [7, 11) is 1.87. The van der Waals surface area contributed by atoms with Crippen LogP contribution in [0.4, 0.5) is 5.82 Å². The average molecular weight is 372 g/mol. The summed E-state index contributed by atoms with van der Waals surface area (Å²) in [6.07, 6.45) is 5.90. The molecule has 0 radical (unpaired) electrons. The van der Waals surface area contributed by atoms with Crippen molar-refractivity contribution in [3.05, 3.63) is 66.6 Å². The third-order valence-electron chi connectivity index (χ3n) is 5.37. The average Bonchev–Trinajstić information content (AvgIpc) is 3.33. The minimum Gasteiger partial charge on any atom is -0.383 e. The third kappa shape index (κ3) is 2.71. The Balaban J connectivity index is 1.59. The number of anilines is 1. The Kier molecular flexibility index (Phi) is 3.84. The van der Waals surface area contributed by atoms with E-state index in [-0.39, 0.29) is 0 Å². The van der Waals surface area contributed by atoms with E-state index >= 15 is 0 Å². The van der Waals surface area contributed by atoms with Crippen molar-refractivity contribution in [1.29, 1.82) is 0 Å². The molecule has 1 unspecified atom stereocenters. The normalized spacial score (nSPS) is 19.4. The first kappa shape index (κ1) is 16.8. The predicted octanol–water partition coefficient (Wildman–Crippen LogP) is 2.52. The van der Waals surface area contributed by atoms with Gasteiger partial charge in [-0.15, -0.1) is 0 Å². The highest BCUT2D eigenvalue weighted by atomic mass is 16.3. The second-order valence-corrected chi connectivity index (χ2v) is 7.18. The monoisotopic (exact) mass is 372 g/mol. The summed E-state index contributed by atoms with van der Waals surface area (Å²) in [5.74, 6) is 1.43. The van der Waals surface area contributed by atoms with E-state index in [4.69, 9.17) is 9.97 Å². The molecule has 3 aromatic heterocycles. The maximum absolute atomic E-state index is 11.2. The molecule has 7 heteroatoms. The number of hydrogen-bond donors (Lipinski definition) is 1. The molecule has 1 aliphatic heterocycles. The highest BCUT2D eigenvalue weighted by Crippen LogP contribution is 2.36. The van der Waals surface area contributed by atoms with Gasteiger partial charge in [0.05, 0.1) is 18.1 Å². The Morgan fingerprint density at radius 2 is 1.82 bits per heavy atom. The molecular weight excluding hydrogens is 352 g/mol. The minimum atomic E-state index is -0.891. The molecule has 7 nitrogen and oxygen atoms in total. The van der Waals surface area contributed by atoms with Crippen LogP contribution in [0.5, 0.6) is 0 Å². The zero-order chi connectivity index (χ0) is 19.1. The first-order valence-electron chi connectivity index (χ1n) is 9.27. The lowest BCUT2D eigenvalue weighted by atomic mass is 9.93. The zero-order valence-corrected chi connectivity index (χ0v) is 15.5. The molecule has 5 rings (SSSR count). The first-order chi connectivity index (χ1) is 13.6. The molecule has 1 aliphatic rings. The van der Waals surface area contributed by atoms with E-state index < -0.39 is 5.60 Å². The number of hydrogen-bond acceptors (Lipinski definition) is 6. The number of aromatic nitrogens is 5. The van der Waals surface area contributed by atoms with E-state index in [0.29, 0.717) is 25.3 Å². The van der Waals surface area contributed by atoms with Crippen LogP contribution in [0.1, 0.15) is 12.0 Å².